The van der Waals surface area contributed by atoms with Crippen LogP contribution in [0.1, 0.15) is 42.6 Å². The van der Waals surface area contributed by atoms with Crippen LogP contribution >= 0.6 is 0 Å². The summed E-state index contributed by atoms with van der Waals surface area (Å²) in [5, 5.41) is 0. The topological polar surface area (TPSA) is 47.4 Å². The molecule has 1 aliphatic heterocycles. The van der Waals surface area contributed by atoms with Crippen molar-refractivity contribution in [2.75, 3.05) is 6.54 Å². The lowest BCUT2D eigenvalue weighted by Crippen LogP contribution is -2.47. The van der Waals surface area contributed by atoms with Crippen LogP contribution < -0.4 is 4.74 Å². The summed E-state index contributed by atoms with van der Waals surface area (Å²) in [4.78, 5) is 18.8. The Morgan fingerprint density at radius 1 is 1.12 bits per heavy atom. The third-order valence-electron chi connectivity index (χ3n) is 5.82. The number of aromatic nitrogens is 2. The minimum atomic E-state index is -1.52. The lowest BCUT2D eigenvalue weighted by atomic mass is 10.0. The van der Waals surface area contributed by atoms with Gasteiger partial charge in [0.1, 0.15) is 5.75 Å². The zero-order chi connectivity index (χ0) is 23.0. The van der Waals surface area contributed by atoms with Crippen LogP contribution in [0.4, 0.5) is 13.2 Å². The van der Waals surface area contributed by atoms with Gasteiger partial charge in [-0.15, -0.1) is 0 Å². The summed E-state index contributed by atoms with van der Waals surface area (Å²) in [5.41, 5.74) is 3.04. The van der Waals surface area contributed by atoms with Crippen LogP contribution in [0.5, 0.6) is 5.75 Å². The molecule has 32 heavy (non-hydrogen) atoms. The number of imidazole rings is 1. The molecule has 2 heterocycles. The molecular formula is C24H24F3N3O2. The second kappa shape index (κ2) is 8.68. The molecule has 1 aromatic heterocycles. The minimum absolute atomic E-state index is 0.200. The molecule has 8 heteroatoms. The van der Waals surface area contributed by atoms with Crippen molar-refractivity contribution in [3.05, 3.63) is 77.1 Å². The monoisotopic (exact) mass is 443 g/mol. The molecule has 1 fully saturated rings. The number of amides is 1. The number of carbonyl (C=O) groups excluding carboxylic acids is 1. The number of piperidine rings is 1. The van der Waals surface area contributed by atoms with E-state index >= 15 is 0 Å². The summed E-state index contributed by atoms with van der Waals surface area (Å²) in [6.45, 7) is 5.96. The summed E-state index contributed by atoms with van der Waals surface area (Å²) in [5.74, 6) is -3.76. The molecule has 1 amide bonds. The summed E-state index contributed by atoms with van der Waals surface area (Å²) in [6, 6.07) is 6.82. The first-order chi connectivity index (χ1) is 15.2. The molecule has 1 saturated heterocycles. The Morgan fingerprint density at radius 2 is 1.84 bits per heavy atom. The maximum atomic E-state index is 13.7. The van der Waals surface area contributed by atoms with Crippen molar-refractivity contribution in [1.29, 1.82) is 0 Å². The van der Waals surface area contributed by atoms with Crippen LogP contribution in [0.25, 0.3) is 5.69 Å². The fourth-order valence-electron chi connectivity index (χ4n) is 4.06. The standard InChI is InChI=1S/C24H24F3N3O2/c1-14-9-18(6-7-21(14)29-12-15(2)28-13-29)32-22-5-4-8-30(24(22)31)16(3)17-10-19(25)23(27)20(26)11-17/h6-7,9-13,16,22H,4-5,8H2,1-3H3. The van der Waals surface area contributed by atoms with E-state index in [0.29, 0.717) is 25.1 Å². The van der Waals surface area contributed by atoms with Gasteiger partial charge in [0.25, 0.3) is 5.91 Å². The van der Waals surface area contributed by atoms with Crippen molar-refractivity contribution in [1.82, 2.24) is 14.5 Å². The molecule has 2 atom stereocenters. The van der Waals surface area contributed by atoms with Crippen molar-refractivity contribution in [3.8, 4) is 11.4 Å². The van der Waals surface area contributed by atoms with E-state index in [9.17, 15) is 18.0 Å². The summed E-state index contributed by atoms with van der Waals surface area (Å²) >= 11 is 0. The van der Waals surface area contributed by atoms with Crippen molar-refractivity contribution < 1.29 is 22.7 Å². The smallest absolute Gasteiger partial charge is 0.264 e. The molecule has 0 N–H and O–H groups in total. The Morgan fingerprint density at radius 3 is 2.47 bits per heavy atom. The quantitative estimate of drug-likeness (QED) is 0.519. The molecular weight excluding hydrogens is 419 g/mol. The first kappa shape index (κ1) is 21.9. The minimum Gasteiger partial charge on any atom is -0.481 e. The van der Waals surface area contributed by atoms with Gasteiger partial charge in [0.2, 0.25) is 0 Å². The van der Waals surface area contributed by atoms with Gasteiger partial charge < -0.3 is 14.2 Å². The number of hydrogen-bond donors (Lipinski definition) is 0. The summed E-state index contributed by atoms with van der Waals surface area (Å²) in [7, 11) is 0. The predicted octanol–water partition coefficient (Wildman–Crippen LogP) is 5.04. The molecule has 0 radical (unpaired) electrons. The highest BCUT2D eigenvalue weighted by Gasteiger charge is 2.34. The van der Waals surface area contributed by atoms with Gasteiger partial charge >= 0.3 is 0 Å². The molecule has 0 saturated carbocycles. The van der Waals surface area contributed by atoms with Gasteiger partial charge in [0.05, 0.1) is 18.1 Å². The van der Waals surface area contributed by atoms with Crippen molar-refractivity contribution in [2.45, 2.75) is 45.8 Å². The van der Waals surface area contributed by atoms with Crippen LogP contribution in [0, 0.1) is 31.3 Å². The molecule has 0 spiro atoms. The Balaban J connectivity index is 1.50. The number of benzene rings is 2. The Labute approximate surface area is 184 Å². The molecule has 5 nitrogen and oxygen atoms in total. The largest absolute Gasteiger partial charge is 0.481 e. The van der Waals surface area contributed by atoms with E-state index in [1.54, 1.807) is 19.3 Å². The van der Waals surface area contributed by atoms with E-state index in [1.165, 1.54) is 4.90 Å². The number of halogens is 3. The second-order valence-corrected chi connectivity index (χ2v) is 8.13. The highest BCUT2D eigenvalue weighted by molar-refractivity contribution is 5.82. The third-order valence-corrected chi connectivity index (χ3v) is 5.82. The van der Waals surface area contributed by atoms with Crippen LogP contribution in [0.2, 0.25) is 0 Å². The zero-order valence-electron chi connectivity index (χ0n) is 18.1. The van der Waals surface area contributed by atoms with Gasteiger partial charge in [-0.1, -0.05) is 0 Å². The van der Waals surface area contributed by atoms with E-state index in [4.69, 9.17) is 4.74 Å². The highest BCUT2D eigenvalue weighted by atomic mass is 19.2. The second-order valence-electron chi connectivity index (χ2n) is 8.13. The lowest BCUT2D eigenvalue weighted by Gasteiger charge is -2.36. The maximum absolute atomic E-state index is 13.7. The maximum Gasteiger partial charge on any atom is 0.264 e. The van der Waals surface area contributed by atoms with Gasteiger partial charge in [0, 0.05) is 18.4 Å². The molecule has 0 aliphatic carbocycles. The van der Waals surface area contributed by atoms with Gasteiger partial charge in [-0.2, -0.15) is 0 Å². The van der Waals surface area contributed by atoms with E-state index in [-0.39, 0.29) is 11.5 Å². The first-order valence-corrected chi connectivity index (χ1v) is 10.5. The predicted molar refractivity (Wildman–Crippen MR) is 113 cm³/mol. The average Bonchev–Trinajstić information content (AvgIpc) is 3.18. The van der Waals surface area contributed by atoms with Gasteiger partial charge in [-0.25, -0.2) is 18.2 Å². The van der Waals surface area contributed by atoms with Gasteiger partial charge in [-0.05, 0) is 75.1 Å². The molecule has 0 bridgehead atoms. The lowest BCUT2D eigenvalue weighted by molar-refractivity contribution is -0.144. The van der Waals surface area contributed by atoms with Crippen LogP contribution in [-0.2, 0) is 4.79 Å². The normalized spacial score (nSPS) is 17.5. The van der Waals surface area contributed by atoms with E-state index in [0.717, 1.165) is 29.1 Å². The van der Waals surface area contributed by atoms with Gasteiger partial charge in [-0.3, -0.25) is 4.79 Å². The fraction of sp³-hybridized carbons (Fsp3) is 0.333. The summed E-state index contributed by atoms with van der Waals surface area (Å²) < 4.78 is 48.6. The molecule has 168 valence electrons. The number of likely N-dealkylation sites (tertiary alicyclic amines) is 1. The molecule has 2 unspecified atom stereocenters. The van der Waals surface area contributed by atoms with Gasteiger partial charge in [0.15, 0.2) is 23.6 Å². The van der Waals surface area contributed by atoms with Crippen molar-refractivity contribution >= 4 is 5.91 Å². The third kappa shape index (κ3) is 4.22. The number of carbonyl (C=O) groups is 1. The first-order valence-electron chi connectivity index (χ1n) is 10.5. The molecule has 2 aromatic carbocycles. The van der Waals surface area contributed by atoms with Crippen molar-refractivity contribution in [2.24, 2.45) is 0 Å². The Kier molecular flexibility index (Phi) is 5.95. The van der Waals surface area contributed by atoms with E-state index < -0.39 is 29.6 Å². The average molecular weight is 443 g/mol. The molecule has 4 rings (SSSR count). The Bertz CT molecular complexity index is 1140. The number of hydrogen-bond acceptors (Lipinski definition) is 3. The van der Waals surface area contributed by atoms with E-state index in [1.807, 2.05) is 36.7 Å². The fourth-order valence-corrected chi connectivity index (χ4v) is 4.06. The van der Waals surface area contributed by atoms with Crippen LogP contribution in [0.3, 0.4) is 0 Å². The summed E-state index contributed by atoms with van der Waals surface area (Å²) in [6.07, 6.45) is 4.17. The zero-order valence-corrected chi connectivity index (χ0v) is 18.1. The molecule has 3 aromatic rings. The number of nitrogens with zero attached hydrogens (tertiary/aromatic N) is 3. The number of ether oxygens (including phenoxy) is 1. The van der Waals surface area contributed by atoms with Crippen LogP contribution in [0.15, 0.2) is 42.9 Å². The SMILES string of the molecule is Cc1cn(-c2ccc(OC3CCCN(C(C)c4cc(F)c(F)c(F)c4)C3=O)cc2C)cn1. The molecule has 1 aliphatic rings. The number of rotatable bonds is 5. The Hall–Kier alpha value is -3.29. The number of aryl methyl sites for hydroxylation is 2. The van der Waals surface area contributed by atoms with Crippen LogP contribution in [-0.4, -0.2) is 33.0 Å². The highest BCUT2D eigenvalue weighted by Crippen LogP contribution is 2.30. The van der Waals surface area contributed by atoms with E-state index in [2.05, 4.69) is 4.98 Å². The van der Waals surface area contributed by atoms with Crippen molar-refractivity contribution in [3.63, 3.8) is 0 Å².